The highest BCUT2D eigenvalue weighted by Crippen LogP contribution is 2.45. The number of hydrogen-bond donors (Lipinski definition) is 2. The SMILES string of the molecule is COc1ccc(-c2c(C)noc2-c2cc(CN3CCN(C)CC3)c(O)c(CN3CCN(C)CC3)c2O)cc1. The summed E-state index contributed by atoms with van der Waals surface area (Å²) in [5, 5.41) is 27.3. The fourth-order valence-electron chi connectivity index (χ4n) is 5.35. The van der Waals surface area contributed by atoms with Crippen LogP contribution in [0, 0.1) is 6.92 Å². The summed E-state index contributed by atoms with van der Waals surface area (Å²) in [4.78, 5) is 9.25. The zero-order valence-corrected chi connectivity index (χ0v) is 22.9. The largest absolute Gasteiger partial charge is 0.507 e. The average molecular weight is 522 g/mol. The Morgan fingerprint density at radius 3 is 2.00 bits per heavy atom. The number of ether oxygens (including phenoxy) is 1. The second kappa shape index (κ2) is 11.3. The molecular weight excluding hydrogens is 482 g/mol. The number of methoxy groups -OCH3 is 1. The minimum absolute atomic E-state index is 0.0504. The maximum atomic E-state index is 11.6. The molecule has 0 amide bonds. The van der Waals surface area contributed by atoms with Crippen molar-refractivity contribution in [3.05, 3.63) is 47.2 Å². The van der Waals surface area contributed by atoms with Crippen molar-refractivity contribution in [2.75, 3.05) is 73.6 Å². The highest BCUT2D eigenvalue weighted by atomic mass is 16.5. The van der Waals surface area contributed by atoms with E-state index >= 15 is 0 Å². The van der Waals surface area contributed by atoms with Gasteiger partial charge in [-0.05, 0) is 44.8 Å². The highest BCUT2D eigenvalue weighted by Gasteiger charge is 2.27. The molecule has 9 heteroatoms. The monoisotopic (exact) mass is 521 g/mol. The summed E-state index contributed by atoms with van der Waals surface area (Å²) in [6.45, 7) is 10.5. The third kappa shape index (κ3) is 5.51. The van der Waals surface area contributed by atoms with E-state index < -0.39 is 0 Å². The Bertz CT molecular complexity index is 1240. The van der Waals surface area contributed by atoms with Gasteiger partial charge in [0.1, 0.15) is 17.2 Å². The van der Waals surface area contributed by atoms with Crippen LogP contribution < -0.4 is 4.74 Å². The number of aromatic nitrogens is 1. The van der Waals surface area contributed by atoms with E-state index in [0.717, 1.165) is 80.5 Å². The lowest BCUT2D eigenvalue weighted by Crippen LogP contribution is -2.44. The number of aromatic hydroxyl groups is 2. The fourth-order valence-corrected chi connectivity index (χ4v) is 5.35. The van der Waals surface area contributed by atoms with Crippen molar-refractivity contribution >= 4 is 0 Å². The van der Waals surface area contributed by atoms with Crippen LogP contribution in [0.25, 0.3) is 22.5 Å². The van der Waals surface area contributed by atoms with E-state index in [4.69, 9.17) is 9.26 Å². The first-order valence-corrected chi connectivity index (χ1v) is 13.3. The predicted molar refractivity (Wildman–Crippen MR) is 148 cm³/mol. The number of phenolic OH excluding ortho intramolecular Hbond substituents is 2. The predicted octanol–water partition coefficient (Wildman–Crippen LogP) is 3.23. The second-order valence-corrected chi connectivity index (χ2v) is 10.6. The third-order valence-corrected chi connectivity index (χ3v) is 7.90. The number of benzene rings is 2. The Balaban J connectivity index is 1.57. The standard InChI is InChI=1S/C29H39N5O4/c1-20-26(21-5-7-23(37-4)8-6-21)29(38-30-20)24-17-22(18-33-13-9-31(2)10-14-33)27(35)25(28(24)36)19-34-15-11-32(3)12-16-34/h5-8,17,35-36H,9-16,18-19H2,1-4H3. The number of nitrogens with zero attached hydrogens (tertiary/aromatic N) is 5. The van der Waals surface area contributed by atoms with E-state index in [9.17, 15) is 10.2 Å². The molecule has 3 aromatic rings. The molecule has 2 aromatic carbocycles. The molecule has 0 aliphatic carbocycles. The van der Waals surface area contributed by atoms with Crippen molar-refractivity contribution in [3.8, 4) is 39.7 Å². The van der Waals surface area contributed by atoms with Crippen LogP contribution in [0.5, 0.6) is 17.2 Å². The molecule has 5 rings (SSSR count). The van der Waals surface area contributed by atoms with Gasteiger partial charge in [-0.1, -0.05) is 17.3 Å². The molecule has 0 atom stereocenters. The number of hydrogen-bond acceptors (Lipinski definition) is 9. The van der Waals surface area contributed by atoms with Crippen molar-refractivity contribution in [2.24, 2.45) is 0 Å². The number of likely N-dealkylation sites (N-methyl/N-ethyl adjacent to an activating group) is 2. The van der Waals surface area contributed by atoms with E-state index in [0.29, 0.717) is 30.0 Å². The third-order valence-electron chi connectivity index (χ3n) is 7.90. The Morgan fingerprint density at radius 2 is 1.42 bits per heavy atom. The van der Waals surface area contributed by atoms with Crippen molar-refractivity contribution in [3.63, 3.8) is 0 Å². The Morgan fingerprint density at radius 1 is 0.842 bits per heavy atom. The molecule has 0 unspecified atom stereocenters. The summed E-state index contributed by atoms with van der Waals surface area (Å²) in [7, 11) is 5.89. The first kappa shape index (κ1) is 26.5. The van der Waals surface area contributed by atoms with Crippen LogP contribution >= 0.6 is 0 Å². The van der Waals surface area contributed by atoms with Gasteiger partial charge < -0.3 is 29.3 Å². The molecule has 2 saturated heterocycles. The van der Waals surface area contributed by atoms with Crippen LogP contribution in [0.3, 0.4) is 0 Å². The van der Waals surface area contributed by atoms with Crippen LogP contribution in [-0.4, -0.2) is 109 Å². The molecule has 2 N–H and O–H groups in total. The van der Waals surface area contributed by atoms with Gasteiger partial charge in [0.25, 0.3) is 0 Å². The van der Waals surface area contributed by atoms with Gasteiger partial charge in [0.05, 0.1) is 29.5 Å². The van der Waals surface area contributed by atoms with Crippen LogP contribution in [0.4, 0.5) is 0 Å². The molecule has 0 radical (unpaired) electrons. The quantitative estimate of drug-likeness (QED) is 0.486. The summed E-state index contributed by atoms with van der Waals surface area (Å²) in [6, 6.07) is 9.62. The van der Waals surface area contributed by atoms with Gasteiger partial charge in [-0.25, -0.2) is 0 Å². The lowest BCUT2D eigenvalue weighted by atomic mass is 9.94. The summed E-state index contributed by atoms with van der Waals surface area (Å²) in [5.41, 5.74) is 4.38. The molecule has 1 aromatic heterocycles. The van der Waals surface area contributed by atoms with Crippen LogP contribution in [0.1, 0.15) is 16.8 Å². The van der Waals surface area contributed by atoms with Crippen LogP contribution in [-0.2, 0) is 13.1 Å². The maximum absolute atomic E-state index is 11.6. The molecule has 9 nitrogen and oxygen atoms in total. The van der Waals surface area contributed by atoms with Crippen molar-refractivity contribution < 1.29 is 19.5 Å². The van der Waals surface area contributed by atoms with E-state index in [1.54, 1.807) is 7.11 Å². The van der Waals surface area contributed by atoms with Crippen LogP contribution in [0.2, 0.25) is 0 Å². The van der Waals surface area contributed by atoms with Gasteiger partial charge in [0.2, 0.25) is 0 Å². The average Bonchev–Trinajstić information content (AvgIpc) is 3.31. The molecule has 0 bridgehead atoms. The van der Waals surface area contributed by atoms with Crippen molar-refractivity contribution in [2.45, 2.75) is 20.0 Å². The molecule has 2 aliphatic heterocycles. The van der Waals surface area contributed by atoms with Crippen LogP contribution in [0.15, 0.2) is 34.9 Å². The fraction of sp³-hybridized carbons (Fsp3) is 0.483. The highest BCUT2D eigenvalue weighted by molar-refractivity contribution is 5.85. The van der Waals surface area contributed by atoms with Gasteiger partial charge in [-0.2, -0.15) is 0 Å². The molecule has 204 valence electrons. The number of rotatable bonds is 7. The minimum Gasteiger partial charge on any atom is -0.507 e. The van der Waals surface area contributed by atoms with Crippen molar-refractivity contribution in [1.29, 1.82) is 0 Å². The zero-order chi connectivity index (χ0) is 26.8. The normalized spacial score (nSPS) is 18.2. The smallest absolute Gasteiger partial charge is 0.178 e. The molecule has 0 spiro atoms. The Labute approximate surface area is 224 Å². The summed E-state index contributed by atoms with van der Waals surface area (Å²) in [5.74, 6) is 1.49. The minimum atomic E-state index is 0.0504. The maximum Gasteiger partial charge on any atom is 0.178 e. The van der Waals surface area contributed by atoms with Gasteiger partial charge in [0.15, 0.2) is 5.76 Å². The van der Waals surface area contributed by atoms with E-state index in [-0.39, 0.29) is 11.5 Å². The topological polar surface area (TPSA) is 88.7 Å². The number of phenols is 2. The number of piperazine rings is 2. The van der Waals surface area contributed by atoms with Gasteiger partial charge in [0, 0.05) is 71.0 Å². The van der Waals surface area contributed by atoms with Crippen molar-refractivity contribution in [1.82, 2.24) is 24.8 Å². The first-order valence-electron chi connectivity index (χ1n) is 13.3. The molecule has 2 fully saturated rings. The zero-order valence-electron chi connectivity index (χ0n) is 22.9. The van der Waals surface area contributed by atoms with Gasteiger partial charge in [-0.3, -0.25) is 9.80 Å². The summed E-state index contributed by atoms with van der Waals surface area (Å²) < 4.78 is 11.2. The first-order chi connectivity index (χ1) is 18.3. The van der Waals surface area contributed by atoms with Gasteiger partial charge in [-0.15, -0.1) is 0 Å². The molecule has 2 aliphatic rings. The van der Waals surface area contributed by atoms with E-state index in [1.165, 1.54) is 0 Å². The lowest BCUT2D eigenvalue weighted by molar-refractivity contribution is 0.143. The number of aryl methyl sites for hydroxylation is 1. The Hall–Kier alpha value is -3.11. The molecule has 38 heavy (non-hydrogen) atoms. The van der Waals surface area contributed by atoms with E-state index in [2.05, 4.69) is 38.9 Å². The Kier molecular flexibility index (Phi) is 7.90. The summed E-state index contributed by atoms with van der Waals surface area (Å²) >= 11 is 0. The van der Waals surface area contributed by atoms with Gasteiger partial charge >= 0.3 is 0 Å². The van der Waals surface area contributed by atoms with E-state index in [1.807, 2.05) is 37.3 Å². The molecule has 0 saturated carbocycles. The summed E-state index contributed by atoms with van der Waals surface area (Å²) in [6.07, 6.45) is 0. The molecular formula is C29H39N5O4. The second-order valence-electron chi connectivity index (χ2n) is 10.6. The lowest BCUT2D eigenvalue weighted by Gasteiger charge is -2.34. The molecule has 3 heterocycles.